The van der Waals surface area contributed by atoms with Crippen molar-refractivity contribution in [3.63, 3.8) is 0 Å². The lowest BCUT2D eigenvalue weighted by molar-refractivity contribution is 0.124. The second-order valence-corrected chi connectivity index (χ2v) is 9.36. The Morgan fingerprint density at radius 2 is 1.97 bits per heavy atom. The van der Waals surface area contributed by atoms with Crippen LogP contribution >= 0.6 is 12.2 Å². The number of benzene rings is 1. The number of likely N-dealkylation sites (tertiary alicyclic amines) is 1. The molecule has 2 aliphatic rings. The smallest absolute Gasteiger partial charge is 0.188 e. The average Bonchev–Trinajstić information content (AvgIpc) is 3.01. The molecule has 5 heteroatoms. The molecule has 2 aromatic rings. The molecule has 1 fully saturated rings. The maximum absolute atomic E-state index is 5.77. The van der Waals surface area contributed by atoms with Gasteiger partial charge in [-0.05, 0) is 101 Å². The number of rotatable bonds is 6. The molecule has 0 saturated carbocycles. The fourth-order valence-electron chi connectivity index (χ4n) is 5.81. The van der Waals surface area contributed by atoms with Crippen molar-refractivity contribution < 1.29 is 0 Å². The van der Waals surface area contributed by atoms with Crippen LogP contribution in [0.25, 0.3) is 10.9 Å². The molecule has 1 aliphatic carbocycles. The van der Waals surface area contributed by atoms with Gasteiger partial charge in [-0.3, -0.25) is 15.0 Å². The van der Waals surface area contributed by atoms with E-state index in [2.05, 4.69) is 66.7 Å². The van der Waals surface area contributed by atoms with Gasteiger partial charge in [0.1, 0.15) is 0 Å². The highest BCUT2D eigenvalue weighted by Crippen LogP contribution is 2.45. The molecule has 1 aliphatic heterocycles. The lowest BCUT2D eigenvalue weighted by Crippen LogP contribution is -2.47. The third-order valence-corrected chi connectivity index (χ3v) is 7.76. The minimum atomic E-state index is 0.644. The van der Waals surface area contributed by atoms with Gasteiger partial charge in [0.15, 0.2) is 5.11 Å². The Bertz CT molecular complexity index is 925. The van der Waals surface area contributed by atoms with Gasteiger partial charge in [0.05, 0.1) is 5.52 Å². The van der Waals surface area contributed by atoms with Gasteiger partial charge in [-0.25, -0.2) is 0 Å². The number of nitrogens with zero attached hydrogens (tertiary/aromatic N) is 3. The van der Waals surface area contributed by atoms with Crippen molar-refractivity contribution >= 4 is 28.2 Å². The molecule has 0 radical (unpaired) electrons. The Hall–Kier alpha value is -1.59. The van der Waals surface area contributed by atoms with Crippen LogP contribution in [-0.2, 0) is 12.8 Å². The van der Waals surface area contributed by atoms with Crippen LogP contribution < -0.4 is 5.43 Å². The molecule has 1 aromatic heterocycles. The molecule has 4 nitrogen and oxygen atoms in total. The molecular weight excluding hydrogens is 388 g/mol. The number of hydrogen-bond donors (Lipinski definition) is 1. The fourth-order valence-corrected chi connectivity index (χ4v) is 6.16. The van der Waals surface area contributed by atoms with E-state index in [0.29, 0.717) is 12.0 Å². The third-order valence-electron chi connectivity index (χ3n) is 7.41. The summed E-state index contributed by atoms with van der Waals surface area (Å²) in [5, 5.41) is 2.32. The van der Waals surface area contributed by atoms with Crippen molar-refractivity contribution in [2.24, 2.45) is 0 Å². The molecule has 2 atom stereocenters. The first kappa shape index (κ1) is 21.6. The molecule has 1 aromatic carbocycles. The van der Waals surface area contributed by atoms with Crippen molar-refractivity contribution in [1.82, 2.24) is 14.5 Å². The van der Waals surface area contributed by atoms with Crippen molar-refractivity contribution in [3.8, 4) is 0 Å². The Balaban J connectivity index is 1.84. The van der Waals surface area contributed by atoms with Gasteiger partial charge in [-0.15, -0.1) is 0 Å². The van der Waals surface area contributed by atoms with Crippen LogP contribution in [0.15, 0.2) is 12.1 Å². The lowest BCUT2D eigenvalue weighted by atomic mass is 9.74. The summed E-state index contributed by atoms with van der Waals surface area (Å²) < 4.78 is 2.29. The first-order valence-corrected chi connectivity index (χ1v) is 12.4. The predicted molar refractivity (Wildman–Crippen MR) is 132 cm³/mol. The van der Waals surface area contributed by atoms with Crippen molar-refractivity contribution in [2.45, 2.75) is 78.7 Å². The summed E-state index contributed by atoms with van der Waals surface area (Å²) in [6, 6.07) is 5.55. The minimum Gasteiger partial charge on any atom is -0.348 e. The molecule has 2 heterocycles. The summed E-state index contributed by atoms with van der Waals surface area (Å²) in [7, 11) is 0. The van der Waals surface area contributed by atoms with E-state index in [4.69, 9.17) is 12.2 Å². The maximum Gasteiger partial charge on any atom is 0.188 e. The van der Waals surface area contributed by atoms with Crippen LogP contribution in [0.4, 0.5) is 0 Å². The van der Waals surface area contributed by atoms with E-state index in [9.17, 15) is 0 Å². The van der Waals surface area contributed by atoms with E-state index in [0.717, 1.165) is 31.0 Å². The van der Waals surface area contributed by atoms with Gasteiger partial charge in [-0.2, -0.15) is 0 Å². The zero-order valence-electron chi connectivity index (χ0n) is 19.4. The lowest BCUT2D eigenvalue weighted by Gasteiger charge is -2.44. The largest absolute Gasteiger partial charge is 0.348 e. The number of fused-ring (bicyclic) bond motifs is 2. The van der Waals surface area contributed by atoms with Crippen molar-refractivity contribution in [2.75, 3.05) is 31.6 Å². The molecule has 1 saturated heterocycles. The van der Waals surface area contributed by atoms with Gasteiger partial charge in [-0.1, -0.05) is 19.9 Å². The molecule has 0 amide bonds. The van der Waals surface area contributed by atoms with Crippen LogP contribution in [0.3, 0.4) is 0 Å². The zero-order valence-corrected chi connectivity index (χ0v) is 20.2. The van der Waals surface area contributed by atoms with E-state index in [1.54, 1.807) is 5.56 Å². The topological polar surface area (TPSA) is 23.4 Å². The Kier molecular flexibility index (Phi) is 6.40. The Labute approximate surface area is 187 Å². The van der Waals surface area contributed by atoms with Crippen LogP contribution in [0.1, 0.15) is 75.3 Å². The second kappa shape index (κ2) is 8.88. The second-order valence-electron chi connectivity index (χ2n) is 8.98. The molecule has 30 heavy (non-hydrogen) atoms. The standard InChI is InChI=1S/C25H38N4S/c1-6-12-28-13-10-11-19-21-14-18(7-2)15-23-24(21)20(16-22(19)28)17(5)29(23)26-25(30)27(8-3)9-4/h14-15,19,22H,6-13,16H2,1-5H3,(H,26,30)/t19-,22-/m1/s1. The summed E-state index contributed by atoms with van der Waals surface area (Å²) in [6.45, 7) is 15.5. The first-order chi connectivity index (χ1) is 14.5. The molecule has 1 N–H and O–H groups in total. The first-order valence-electron chi connectivity index (χ1n) is 12.0. The number of nitrogens with one attached hydrogen (secondary N) is 1. The molecule has 164 valence electrons. The van der Waals surface area contributed by atoms with Crippen LogP contribution in [0, 0.1) is 6.92 Å². The monoisotopic (exact) mass is 426 g/mol. The highest BCUT2D eigenvalue weighted by molar-refractivity contribution is 7.80. The van der Waals surface area contributed by atoms with E-state index < -0.39 is 0 Å². The summed E-state index contributed by atoms with van der Waals surface area (Å²) in [5.74, 6) is 0.664. The van der Waals surface area contributed by atoms with Crippen LogP contribution in [-0.4, -0.2) is 51.8 Å². The number of piperidine rings is 1. The number of aromatic nitrogens is 1. The Morgan fingerprint density at radius 1 is 1.20 bits per heavy atom. The third kappa shape index (κ3) is 3.54. The highest BCUT2D eigenvalue weighted by atomic mass is 32.1. The summed E-state index contributed by atoms with van der Waals surface area (Å²) in [5.41, 5.74) is 10.8. The summed E-state index contributed by atoms with van der Waals surface area (Å²) >= 11 is 5.77. The predicted octanol–water partition coefficient (Wildman–Crippen LogP) is 5.20. The number of hydrogen-bond acceptors (Lipinski definition) is 2. The van der Waals surface area contributed by atoms with E-state index >= 15 is 0 Å². The van der Waals surface area contributed by atoms with Crippen LogP contribution in [0.5, 0.6) is 0 Å². The summed E-state index contributed by atoms with van der Waals surface area (Å²) in [6.07, 6.45) is 6.11. The van der Waals surface area contributed by atoms with E-state index in [-0.39, 0.29) is 0 Å². The average molecular weight is 427 g/mol. The normalized spacial score (nSPS) is 21.0. The zero-order chi connectivity index (χ0) is 21.4. The van der Waals surface area contributed by atoms with E-state index in [1.165, 1.54) is 60.1 Å². The Morgan fingerprint density at radius 3 is 2.63 bits per heavy atom. The number of thiocarbonyl (C=S) groups is 1. The molecular formula is C25H38N4S. The minimum absolute atomic E-state index is 0.644. The highest BCUT2D eigenvalue weighted by Gasteiger charge is 2.39. The van der Waals surface area contributed by atoms with Crippen molar-refractivity contribution in [3.05, 3.63) is 34.5 Å². The van der Waals surface area contributed by atoms with Gasteiger partial charge in [0, 0.05) is 36.1 Å². The van der Waals surface area contributed by atoms with Crippen LogP contribution in [0.2, 0.25) is 0 Å². The maximum atomic E-state index is 5.77. The van der Waals surface area contributed by atoms with Gasteiger partial charge in [0.25, 0.3) is 0 Å². The fraction of sp³-hybridized carbons (Fsp3) is 0.640. The number of aryl methyl sites for hydroxylation is 1. The SMILES string of the molecule is CCCN1CCC[C@@H]2c3cc(CC)cc4c3c(c(C)n4NC(=S)N(CC)CC)C[C@H]21. The quantitative estimate of drug-likeness (QED) is 0.642. The van der Waals surface area contributed by atoms with Crippen molar-refractivity contribution in [1.29, 1.82) is 0 Å². The van der Waals surface area contributed by atoms with Gasteiger partial charge >= 0.3 is 0 Å². The molecule has 4 rings (SSSR count). The molecule has 0 spiro atoms. The molecule has 0 bridgehead atoms. The molecule has 0 unspecified atom stereocenters. The van der Waals surface area contributed by atoms with Gasteiger partial charge in [0.2, 0.25) is 0 Å². The summed E-state index contributed by atoms with van der Waals surface area (Å²) in [4.78, 5) is 4.99. The van der Waals surface area contributed by atoms with Gasteiger partial charge < -0.3 is 4.90 Å². The van der Waals surface area contributed by atoms with E-state index in [1.807, 2.05) is 0 Å².